The van der Waals surface area contributed by atoms with Gasteiger partial charge in [-0.05, 0) is 18.6 Å². The van der Waals surface area contributed by atoms with Crippen molar-refractivity contribution in [2.24, 2.45) is 0 Å². The smallest absolute Gasteiger partial charge is 0.430 e. The lowest BCUT2D eigenvalue weighted by Gasteiger charge is -2.33. The lowest BCUT2D eigenvalue weighted by molar-refractivity contribution is -0.344. The van der Waals surface area contributed by atoms with Gasteiger partial charge in [-0.15, -0.1) is 11.3 Å². The molecule has 0 radical (unpaired) electrons. The number of nitrogens with zero attached hydrogens (tertiary/aromatic N) is 3. The molecule has 31 heavy (non-hydrogen) atoms. The Bertz CT molecular complexity index is 1200. The molecule has 0 amide bonds. The molecule has 3 heterocycles. The molecule has 5 rings (SSSR count). The van der Waals surface area contributed by atoms with Gasteiger partial charge in [0.2, 0.25) is 5.36 Å². The summed E-state index contributed by atoms with van der Waals surface area (Å²) in [5.41, 5.74) is 2.88. The molecule has 0 bridgehead atoms. The molecular weight excluding hydrogens is 474 g/mol. The van der Waals surface area contributed by atoms with Crippen molar-refractivity contribution in [2.75, 3.05) is 31.1 Å². The Kier molecular flexibility index (Phi) is 6.02. The van der Waals surface area contributed by atoms with Crippen LogP contribution in [-0.4, -0.2) is 43.3 Å². The van der Waals surface area contributed by atoms with Gasteiger partial charge in [-0.3, -0.25) is 0 Å². The number of rotatable bonds is 1. The quantitative estimate of drug-likeness (QED) is 0.388. The Morgan fingerprint density at radius 3 is 2.29 bits per heavy atom. The predicted molar refractivity (Wildman–Crippen MR) is 114 cm³/mol. The number of hydrogen-bond donors (Lipinski definition) is 0. The maximum Gasteiger partial charge on any atom is 0.430 e. The van der Waals surface area contributed by atoms with Gasteiger partial charge in [0.15, 0.2) is 0 Å². The first-order chi connectivity index (χ1) is 14.6. The Morgan fingerprint density at radius 2 is 1.77 bits per heavy atom. The molecule has 1 aromatic rings. The van der Waals surface area contributed by atoms with E-state index in [0.29, 0.717) is 10.0 Å². The normalized spacial score (nSPS) is 15.9. The van der Waals surface area contributed by atoms with E-state index in [1.165, 1.54) is 23.9 Å². The molecule has 0 atom stereocenters. The van der Waals surface area contributed by atoms with E-state index in [1.54, 1.807) is 11.3 Å². The van der Waals surface area contributed by atoms with Crippen LogP contribution in [0.4, 0.5) is 18.9 Å². The third kappa shape index (κ3) is 4.58. The summed E-state index contributed by atoms with van der Waals surface area (Å²) in [6, 6.07) is 8.47. The minimum atomic E-state index is -5.19. The van der Waals surface area contributed by atoms with Gasteiger partial charge in [-0.1, -0.05) is 23.2 Å². The van der Waals surface area contributed by atoms with E-state index in [9.17, 15) is 13.2 Å². The van der Waals surface area contributed by atoms with Crippen LogP contribution in [0.2, 0.25) is 10.0 Å². The van der Waals surface area contributed by atoms with E-state index < -0.39 is 12.1 Å². The highest BCUT2D eigenvalue weighted by Gasteiger charge is 2.28. The molecule has 164 valence electrons. The third-order valence-electron chi connectivity index (χ3n) is 5.14. The first-order valence-electron chi connectivity index (χ1n) is 9.48. The summed E-state index contributed by atoms with van der Waals surface area (Å²) in [5, 5.41) is 11.4. The number of carbonyl (C=O) groups excluding carboxylic acids is 1. The number of carboxylic acids is 1. The SMILES string of the molecule is Clc1cc(=[N+]2CCC2)cc2sc3cc(N4CCC4)cc(Cl)c3nc1-2.O=C([O-])C(F)(F)F. The first kappa shape index (κ1) is 22.1. The van der Waals surface area contributed by atoms with Crippen LogP contribution in [0.3, 0.4) is 0 Å². The number of carbonyl (C=O) groups is 1. The summed E-state index contributed by atoms with van der Waals surface area (Å²) in [7, 11) is 0. The molecule has 0 spiro atoms. The topological polar surface area (TPSA) is 59.3 Å². The summed E-state index contributed by atoms with van der Waals surface area (Å²) in [5.74, 6) is -3.01. The molecule has 2 fully saturated rings. The zero-order chi connectivity index (χ0) is 22.3. The van der Waals surface area contributed by atoms with E-state index in [0.717, 1.165) is 47.0 Å². The second-order valence-corrected chi connectivity index (χ2v) is 9.13. The summed E-state index contributed by atoms with van der Waals surface area (Å²) in [6.07, 6.45) is -2.69. The highest BCUT2D eigenvalue weighted by Crippen LogP contribution is 2.39. The van der Waals surface area contributed by atoms with E-state index in [2.05, 4.69) is 21.6 Å². The van der Waals surface area contributed by atoms with Crippen molar-refractivity contribution in [1.29, 1.82) is 0 Å². The summed E-state index contributed by atoms with van der Waals surface area (Å²) < 4.78 is 35.0. The van der Waals surface area contributed by atoms with E-state index in [1.807, 2.05) is 12.1 Å². The van der Waals surface area contributed by atoms with Crippen LogP contribution in [0, 0.1) is 0 Å². The van der Waals surface area contributed by atoms with Crippen LogP contribution in [0.25, 0.3) is 20.8 Å². The number of halogens is 5. The van der Waals surface area contributed by atoms with Gasteiger partial charge in [0.1, 0.15) is 24.8 Å². The predicted octanol–water partition coefficient (Wildman–Crippen LogP) is 3.39. The largest absolute Gasteiger partial charge is 0.542 e. The standard InChI is InChI=1S/C18H16Cl2N3S.C2HF3O2/c19-13-7-11(22-3-1-4-22)9-15-17(13)21-18-14(20)8-12(10-16(18)24-15)23-5-2-6-23;3-2(4,5)1(6)7/h7-10H,1-6H2;(H,6,7)/q+1;/p-1. The van der Waals surface area contributed by atoms with Crippen molar-refractivity contribution in [3.63, 3.8) is 0 Å². The number of aliphatic carboxylic acids is 1. The fourth-order valence-electron chi connectivity index (χ4n) is 3.24. The van der Waals surface area contributed by atoms with Gasteiger partial charge < -0.3 is 14.8 Å². The number of anilines is 1. The maximum absolute atomic E-state index is 10.5. The fourth-order valence-corrected chi connectivity index (χ4v) is 4.96. The van der Waals surface area contributed by atoms with Crippen LogP contribution < -0.4 is 19.9 Å². The van der Waals surface area contributed by atoms with Crippen LogP contribution in [0.5, 0.6) is 0 Å². The van der Waals surface area contributed by atoms with Gasteiger partial charge in [-0.2, -0.15) is 13.2 Å². The summed E-state index contributed by atoms with van der Waals surface area (Å²) in [4.78, 5) is 17.0. The van der Waals surface area contributed by atoms with Crippen molar-refractivity contribution < 1.29 is 23.1 Å². The third-order valence-corrected chi connectivity index (χ3v) is 6.78. The minimum Gasteiger partial charge on any atom is -0.542 e. The average molecular weight is 490 g/mol. The number of aromatic nitrogens is 1. The lowest BCUT2D eigenvalue weighted by Crippen LogP contribution is -2.40. The Morgan fingerprint density at radius 1 is 1.10 bits per heavy atom. The molecule has 2 saturated heterocycles. The molecule has 0 aromatic heterocycles. The Balaban J connectivity index is 0.000000289. The van der Waals surface area contributed by atoms with Crippen LogP contribution in [0.15, 0.2) is 24.3 Å². The zero-order valence-electron chi connectivity index (χ0n) is 16.0. The van der Waals surface area contributed by atoms with Crippen molar-refractivity contribution >= 4 is 56.4 Å². The first-order valence-corrected chi connectivity index (χ1v) is 11.1. The average Bonchev–Trinajstić information content (AvgIpc) is 2.57. The maximum atomic E-state index is 10.5. The summed E-state index contributed by atoms with van der Waals surface area (Å²) in [6.45, 7) is 4.44. The molecule has 1 aliphatic carbocycles. The van der Waals surface area contributed by atoms with E-state index >= 15 is 0 Å². The molecule has 5 nitrogen and oxygen atoms in total. The lowest BCUT2D eigenvalue weighted by atomic mass is 10.1. The van der Waals surface area contributed by atoms with Gasteiger partial charge in [0.25, 0.3) is 0 Å². The van der Waals surface area contributed by atoms with Gasteiger partial charge >= 0.3 is 6.18 Å². The monoisotopic (exact) mass is 489 g/mol. The van der Waals surface area contributed by atoms with Crippen molar-refractivity contribution in [2.45, 2.75) is 19.0 Å². The second kappa shape index (κ2) is 8.44. The zero-order valence-corrected chi connectivity index (χ0v) is 18.3. The number of carboxylic acid groups (broad SMARTS) is 1. The van der Waals surface area contributed by atoms with Crippen molar-refractivity contribution in [1.82, 2.24) is 9.56 Å². The Labute approximate surface area is 189 Å². The van der Waals surface area contributed by atoms with Gasteiger partial charge in [0.05, 0.1) is 31.6 Å². The highest BCUT2D eigenvalue weighted by molar-refractivity contribution is 7.21. The van der Waals surface area contributed by atoms with Crippen LogP contribution >= 0.6 is 34.5 Å². The molecule has 3 aliphatic heterocycles. The highest BCUT2D eigenvalue weighted by atomic mass is 35.5. The van der Waals surface area contributed by atoms with Gasteiger partial charge in [0, 0.05) is 30.9 Å². The summed E-state index contributed by atoms with van der Waals surface area (Å²) >= 11 is 14.8. The Hall–Kier alpha value is -2.10. The molecule has 1 aromatic carbocycles. The van der Waals surface area contributed by atoms with Crippen LogP contribution in [0.1, 0.15) is 12.8 Å². The molecular formula is C20H16Cl2F3N3O2S. The van der Waals surface area contributed by atoms with Crippen LogP contribution in [-0.2, 0) is 4.79 Å². The fraction of sp³-hybridized carbons (Fsp3) is 0.350. The van der Waals surface area contributed by atoms with Crippen molar-refractivity contribution in [3.05, 3.63) is 39.7 Å². The van der Waals surface area contributed by atoms with Gasteiger partial charge in [-0.25, -0.2) is 9.56 Å². The van der Waals surface area contributed by atoms with E-state index in [4.69, 9.17) is 38.1 Å². The number of hydrogen-bond acceptors (Lipinski definition) is 5. The van der Waals surface area contributed by atoms with Crippen molar-refractivity contribution in [3.8, 4) is 10.6 Å². The number of benzene rings is 2. The number of alkyl halides is 3. The molecule has 0 N–H and O–H groups in total. The molecule has 11 heteroatoms. The molecule has 4 aliphatic rings. The molecule has 0 unspecified atom stereocenters. The number of fused-ring (bicyclic) bond motifs is 2. The second-order valence-electron chi connectivity index (χ2n) is 7.23. The molecule has 0 saturated carbocycles. The van der Waals surface area contributed by atoms with E-state index in [-0.39, 0.29) is 0 Å². The minimum absolute atomic E-state index is 0.704.